The third-order valence-electron chi connectivity index (χ3n) is 24.9. The summed E-state index contributed by atoms with van der Waals surface area (Å²) in [5.41, 5.74) is -2.24. The molecule has 9 fully saturated rings. The van der Waals surface area contributed by atoms with Gasteiger partial charge in [-0.1, -0.05) is 92.1 Å². The van der Waals surface area contributed by atoms with Crippen LogP contribution in [0.3, 0.4) is 0 Å². The number of rotatable bonds is 7. The van der Waals surface area contributed by atoms with E-state index in [-0.39, 0.29) is 66.1 Å². The van der Waals surface area contributed by atoms with Crippen LogP contribution in [0.15, 0.2) is 72.3 Å². The lowest BCUT2D eigenvalue weighted by molar-refractivity contribution is -0.363. The summed E-state index contributed by atoms with van der Waals surface area (Å²) in [6.07, 6.45) is 24.3. The molecule has 2 aromatic rings. The molecule has 2 heterocycles. The Morgan fingerprint density at radius 2 is 1.73 bits per heavy atom. The average Bonchev–Trinajstić information content (AvgIpc) is 4.21. The van der Waals surface area contributed by atoms with Gasteiger partial charge in [0, 0.05) is 59.3 Å². The number of allylic oxidation sites excluding steroid dienone is 2. The van der Waals surface area contributed by atoms with Gasteiger partial charge in [0.15, 0.2) is 0 Å². The number of fused-ring (bicyclic) bond motifs is 8. The molecule has 13 aliphatic rings. The van der Waals surface area contributed by atoms with Crippen LogP contribution in [0.1, 0.15) is 144 Å². The Kier molecular flexibility index (Phi) is 11.7. The third kappa shape index (κ3) is 6.57. The van der Waals surface area contributed by atoms with Gasteiger partial charge >= 0.3 is 5.97 Å². The number of aliphatic hydroxyl groups is 4. The molecule has 1 saturated heterocycles. The summed E-state index contributed by atoms with van der Waals surface area (Å²) in [5, 5.41) is 58.8. The first-order valence-corrected chi connectivity index (χ1v) is 29.7. The number of hydrogen-bond donors (Lipinski definition) is 5. The van der Waals surface area contributed by atoms with Crippen molar-refractivity contribution in [3.05, 3.63) is 94.6 Å². The number of likely N-dealkylation sites (N-methyl/N-ethyl adjacent to an activating group) is 1. The van der Waals surface area contributed by atoms with Crippen LogP contribution in [0.4, 0.5) is 0 Å². The first-order valence-electron chi connectivity index (χ1n) is 29.7. The summed E-state index contributed by atoms with van der Waals surface area (Å²) in [5.74, 6) is 7.47. The quantitative estimate of drug-likeness (QED) is 0.0795. The lowest BCUT2D eigenvalue weighted by Crippen LogP contribution is -2.82. The highest BCUT2D eigenvalue weighted by Crippen LogP contribution is 2.80. The Labute approximate surface area is 439 Å². The van der Waals surface area contributed by atoms with Gasteiger partial charge in [0.1, 0.15) is 18.0 Å². The highest BCUT2D eigenvalue weighted by atomic mass is 16.5. The van der Waals surface area contributed by atoms with Gasteiger partial charge in [0.05, 0.1) is 29.3 Å². The van der Waals surface area contributed by atoms with Crippen LogP contribution in [0, 0.1) is 99.1 Å². The van der Waals surface area contributed by atoms with Crippen molar-refractivity contribution in [1.29, 1.82) is 0 Å². The van der Waals surface area contributed by atoms with Gasteiger partial charge in [-0.25, -0.2) is 4.79 Å². The molecular formula is C65H81NO8. The Bertz CT molecular complexity index is 2690. The molecule has 394 valence electrons. The summed E-state index contributed by atoms with van der Waals surface area (Å²) in [6, 6.07) is 16.7. The van der Waals surface area contributed by atoms with E-state index in [2.05, 4.69) is 59.6 Å². The summed E-state index contributed by atoms with van der Waals surface area (Å²) in [6.45, 7) is 0.579. The van der Waals surface area contributed by atoms with Crippen LogP contribution in [0.2, 0.25) is 0 Å². The van der Waals surface area contributed by atoms with Gasteiger partial charge in [-0.2, -0.15) is 0 Å². The van der Waals surface area contributed by atoms with Crippen molar-refractivity contribution in [2.75, 3.05) is 13.7 Å². The van der Waals surface area contributed by atoms with Crippen molar-refractivity contribution < 1.29 is 39.5 Å². The third-order valence-corrected chi connectivity index (χ3v) is 24.9. The number of aldehydes is 1. The van der Waals surface area contributed by atoms with E-state index in [1.807, 2.05) is 25.2 Å². The smallest absolute Gasteiger partial charge is 0.331 e. The second-order valence-electron chi connectivity index (χ2n) is 27.1. The first-order chi connectivity index (χ1) is 35.9. The van der Waals surface area contributed by atoms with Gasteiger partial charge in [0.2, 0.25) is 0 Å². The number of esters is 1. The number of benzene rings is 2. The maximum atomic E-state index is 15.5. The van der Waals surface area contributed by atoms with E-state index in [0.717, 1.165) is 73.6 Å². The van der Waals surface area contributed by atoms with Crippen molar-refractivity contribution in [2.45, 2.75) is 176 Å². The summed E-state index contributed by atoms with van der Waals surface area (Å²) in [4.78, 5) is 29.3. The molecule has 9 nitrogen and oxygen atoms in total. The van der Waals surface area contributed by atoms with Crippen LogP contribution in [-0.4, -0.2) is 81.4 Å². The molecule has 2 aliphatic heterocycles. The predicted octanol–water partition coefficient (Wildman–Crippen LogP) is 9.00. The van der Waals surface area contributed by atoms with Gasteiger partial charge in [0.25, 0.3) is 0 Å². The fourth-order valence-electron chi connectivity index (χ4n) is 22.4. The Balaban J connectivity index is 0.928. The van der Waals surface area contributed by atoms with E-state index in [4.69, 9.17) is 9.47 Å². The molecule has 4 bridgehead atoms. The highest BCUT2D eigenvalue weighted by molar-refractivity contribution is 5.86. The van der Waals surface area contributed by atoms with Crippen molar-refractivity contribution in [3.63, 3.8) is 0 Å². The summed E-state index contributed by atoms with van der Waals surface area (Å²) in [7, 11) is 1.97. The van der Waals surface area contributed by atoms with Crippen LogP contribution < -0.4 is 5.32 Å². The number of aryl methyl sites for hydroxylation is 1. The monoisotopic (exact) mass is 1000 g/mol. The molecule has 8 saturated carbocycles. The van der Waals surface area contributed by atoms with Crippen LogP contribution >= 0.6 is 0 Å². The van der Waals surface area contributed by atoms with Crippen molar-refractivity contribution in [2.24, 2.45) is 87.3 Å². The van der Waals surface area contributed by atoms with E-state index in [1.165, 1.54) is 37.5 Å². The van der Waals surface area contributed by atoms with E-state index in [0.29, 0.717) is 87.6 Å². The largest absolute Gasteiger partial charge is 0.454 e. The highest BCUT2D eigenvalue weighted by Gasteiger charge is 2.85. The minimum atomic E-state index is -1.71. The molecule has 5 N–H and O–H groups in total. The van der Waals surface area contributed by atoms with Crippen LogP contribution in [0.5, 0.6) is 0 Å². The summed E-state index contributed by atoms with van der Waals surface area (Å²) >= 11 is 0. The minimum Gasteiger partial charge on any atom is -0.454 e. The fourth-order valence-corrected chi connectivity index (χ4v) is 22.4. The molecule has 0 aromatic heterocycles. The number of hydrogen-bond acceptors (Lipinski definition) is 9. The average molecular weight is 1000 g/mol. The lowest BCUT2D eigenvalue weighted by atomic mass is 9.33. The van der Waals surface area contributed by atoms with Crippen molar-refractivity contribution in [3.8, 4) is 11.8 Å². The zero-order valence-electron chi connectivity index (χ0n) is 43.8. The zero-order valence-corrected chi connectivity index (χ0v) is 43.8. The standard InChI is InChI=1S/C65H81NO8/c1-66-54-31-49-42(16-9-18-44(49)36-67)15-7-8-24-61-25-22-55-62(38-68)37-60-33-40(21-20-39-11-3-2-4-12-39)27-46(60)23-26-73-59(60)53-29-43-17-10-19-48(41-13-5-6-14-41)50(43)30-47(65(53,62)72)35-63(55,70)64(61,71)34-45-28-51(54)58-52(57(45)61)32-56(69)74-58/h2-4,9-12,16-18,32,38,40-41,43,45-48,50-51,53-55,57-59,66-67,70-72H,5-6,8,13-14,19-31,33-37H2,1H3. The minimum absolute atomic E-state index is 0.0676. The Morgan fingerprint density at radius 3 is 2.54 bits per heavy atom. The summed E-state index contributed by atoms with van der Waals surface area (Å²) < 4.78 is 13.7. The van der Waals surface area contributed by atoms with Gasteiger partial charge in [-0.05, 0) is 191 Å². The molecule has 20 atom stereocenters. The van der Waals surface area contributed by atoms with E-state index >= 15 is 4.79 Å². The zero-order chi connectivity index (χ0) is 50.4. The second kappa shape index (κ2) is 17.7. The molecule has 11 aliphatic carbocycles. The predicted molar refractivity (Wildman–Crippen MR) is 281 cm³/mol. The molecule has 0 radical (unpaired) electrons. The van der Waals surface area contributed by atoms with E-state index < -0.39 is 45.6 Å². The number of ether oxygens (including phenoxy) is 2. The van der Waals surface area contributed by atoms with Crippen LogP contribution in [-0.2, 0) is 38.5 Å². The van der Waals surface area contributed by atoms with Gasteiger partial charge < -0.3 is 40.0 Å². The topological polar surface area (TPSA) is 146 Å². The van der Waals surface area contributed by atoms with Gasteiger partial charge in [-0.15, -0.1) is 0 Å². The normalized spacial score (nSPS) is 48.4. The molecule has 74 heavy (non-hydrogen) atoms. The number of carbonyl (C=O) groups excluding carboxylic acids is 2. The second-order valence-corrected chi connectivity index (χ2v) is 27.1. The van der Waals surface area contributed by atoms with Crippen molar-refractivity contribution >= 4 is 12.3 Å². The molecule has 20 unspecified atom stereocenters. The molecule has 15 rings (SSSR count). The van der Waals surface area contributed by atoms with Crippen LogP contribution in [0.25, 0.3) is 0 Å². The lowest BCUT2D eigenvalue weighted by Gasteiger charge is -2.74. The molecule has 9 heteroatoms. The maximum absolute atomic E-state index is 15.5. The fraction of sp³-hybridized carbons (Fsp3) is 0.692. The van der Waals surface area contributed by atoms with Gasteiger partial charge in [-0.3, -0.25) is 0 Å². The Morgan fingerprint density at radius 1 is 0.878 bits per heavy atom. The number of carbonyl (C=O) groups is 2. The van der Waals surface area contributed by atoms with E-state index in [1.54, 1.807) is 6.08 Å². The van der Waals surface area contributed by atoms with Crippen molar-refractivity contribution in [1.82, 2.24) is 5.32 Å². The molecule has 2 spiro atoms. The SMILES string of the molecule is CNC1Cc2c(cccc2CO)C#CCCC23CCC4C(O)(CC5CC6C(C=CCC6C6CCCC6)CC6C7OCCC8CC(CCc9ccccc9)CC87CC4(C=O)C56O)C2(O)CC2CC1C1OC(=O)C=C1C23. The number of aliphatic hydroxyl groups excluding tert-OH is 1. The number of nitrogens with one attached hydrogen (secondary N) is 1. The maximum Gasteiger partial charge on any atom is 0.331 e. The molecule has 2 aromatic carbocycles. The molecule has 0 amide bonds. The molecular weight excluding hydrogens is 923 g/mol. The Hall–Kier alpha value is -3.62. The van der Waals surface area contributed by atoms with E-state index in [9.17, 15) is 25.2 Å². The first kappa shape index (κ1) is 48.7.